The van der Waals surface area contributed by atoms with Gasteiger partial charge in [-0.1, -0.05) is 12.1 Å². The average molecular weight is 317 g/mol. The third-order valence-electron chi connectivity index (χ3n) is 4.41. The predicted molar refractivity (Wildman–Crippen MR) is 91.3 cm³/mol. The summed E-state index contributed by atoms with van der Waals surface area (Å²) in [4.78, 5) is 4.80. The molecule has 0 aliphatic carbocycles. The van der Waals surface area contributed by atoms with Crippen LogP contribution in [0, 0.1) is 5.82 Å². The Hall–Kier alpha value is -3.14. The van der Waals surface area contributed by atoms with Gasteiger partial charge in [-0.3, -0.25) is 0 Å². The molecule has 0 unspecified atom stereocenters. The van der Waals surface area contributed by atoms with Crippen molar-refractivity contribution < 1.29 is 13.9 Å². The van der Waals surface area contributed by atoms with Crippen LogP contribution >= 0.6 is 0 Å². The van der Waals surface area contributed by atoms with Crippen LogP contribution in [0.5, 0.6) is 17.2 Å². The van der Waals surface area contributed by atoms with Crippen LogP contribution in [0.1, 0.15) is 0 Å². The number of hydrogen-bond acceptors (Lipinski definition) is 3. The van der Waals surface area contributed by atoms with E-state index in [4.69, 9.17) is 14.5 Å². The first-order valence-electron chi connectivity index (χ1n) is 7.63. The van der Waals surface area contributed by atoms with Crippen LogP contribution in [-0.2, 0) is 0 Å². The second-order valence-corrected chi connectivity index (χ2v) is 5.76. The van der Waals surface area contributed by atoms with Gasteiger partial charge in [0, 0.05) is 17.0 Å². The summed E-state index contributed by atoms with van der Waals surface area (Å²) in [5.41, 5.74) is 2.22. The lowest BCUT2D eigenvalue weighted by molar-refractivity contribution is 0.415. The number of benzene rings is 3. The van der Waals surface area contributed by atoms with E-state index < -0.39 is 0 Å². The van der Waals surface area contributed by atoms with Gasteiger partial charge in [-0.05, 0) is 41.8 Å². The number of halogens is 1. The van der Waals surface area contributed by atoms with Crippen LogP contribution in [0.25, 0.3) is 32.9 Å². The van der Waals surface area contributed by atoms with Crippen LogP contribution in [0.4, 0.5) is 4.39 Å². The lowest BCUT2D eigenvalue weighted by Gasteiger charge is -2.21. The minimum atomic E-state index is -0.308. The fourth-order valence-electron chi connectivity index (χ4n) is 3.31. The van der Waals surface area contributed by atoms with E-state index in [1.807, 2.05) is 36.4 Å². The topological polar surface area (TPSA) is 31.4 Å². The molecule has 1 aliphatic heterocycles. The number of nitrogens with zero attached hydrogens (tertiary/aromatic N) is 1. The fraction of sp³-hybridized carbons (Fsp3) is 0.0500. The first-order chi connectivity index (χ1) is 11.7. The maximum atomic E-state index is 13.8. The number of fused-ring (bicyclic) bond motifs is 4. The zero-order valence-corrected chi connectivity index (χ0v) is 12.8. The molecule has 0 fully saturated rings. The molecule has 4 aromatic rings. The van der Waals surface area contributed by atoms with Gasteiger partial charge in [0.25, 0.3) is 0 Å². The minimum Gasteiger partial charge on any atom is -0.497 e. The van der Waals surface area contributed by atoms with Crippen molar-refractivity contribution in [1.29, 1.82) is 0 Å². The molecule has 0 saturated heterocycles. The summed E-state index contributed by atoms with van der Waals surface area (Å²) in [5, 5.41) is 2.96. The Labute approximate surface area is 137 Å². The molecule has 2 heterocycles. The zero-order valence-electron chi connectivity index (χ0n) is 12.8. The van der Waals surface area contributed by atoms with Gasteiger partial charge < -0.3 is 9.47 Å². The van der Waals surface area contributed by atoms with Crippen LogP contribution < -0.4 is 9.47 Å². The van der Waals surface area contributed by atoms with Gasteiger partial charge in [0.05, 0.1) is 23.7 Å². The summed E-state index contributed by atoms with van der Waals surface area (Å²) < 4.78 is 25.1. The van der Waals surface area contributed by atoms with E-state index in [9.17, 15) is 4.39 Å². The Kier molecular flexibility index (Phi) is 2.59. The van der Waals surface area contributed by atoms with E-state index in [1.165, 1.54) is 12.1 Å². The molecule has 0 bridgehead atoms. The van der Waals surface area contributed by atoms with Crippen molar-refractivity contribution in [3.05, 3.63) is 60.4 Å². The molecule has 0 N–H and O–H groups in total. The summed E-state index contributed by atoms with van der Waals surface area (Å²) in [5.74, 6) is 1.79. The van der Waals surface area contributed by atoms with Crippen LogP contribution in [-0.4, -0.2) is 12.1 Å². The lowest BCUT2D eigenvalue weighted by atomic mass is 9.97. The number of rotatable bonds is 1. The molecule has 24 heavy (non-hydrogen) atoms. The summed E-state index contributed by atoms with van der Waals surface area (Å²) >= 11 is 0. The van der Waals surface area contributed by atoms with Crippen LogP contribution in [0.15, 0.2) is 54.6 Å². The molecule has 3 nitrogen and oxygen atoms in total. The molecule has 3 aromatic carbocycles. The highest BCUT2D eigenvalue weighted by atomic mass is 19.1. The van der Waals surface area contributed by atoms with E-state index in [1.54, 1.807) is 13.2 Å². The van der Waals surface area contributed by atoms with E-state index >= 15 is 0 Å². The number of aromatic nitrogens is 1. The highest BCUT2D eigenvalue weighted by molar-refractivity contribution is 6.14. The molecule has 4 heteroatoms. The van der Waals surface area contributed by atoms with Crippen molar-refractivity contribution in [3.8, 4) is 28.5 Å². The van der Waals surface area contributed by atoms with E-state index in [2.05, 4.69) is 0 Å². The Morgan fingerprint density at radius 1 is 0.958 bits per heavy atom. The molecule has 0 atom stereocenters. The highest BCUT2D eigenvalue weighted by Gasteiger charge is 2.23. The fourth-order valence-corrected chi connectivity index (χ4v) is 3.31. The van der Waals surface area contributed by atoms with E-state index in [0.717, 1.165) is 38.9 Å². The van der Waals surface area contributed by atoms with Crippen molar-refractivity contribution in [3.63, 3.8) is 0 Å². The van der Waals surface area contributed by atoms with Crippen molar-refractivity contribution in [2.75, 3.05) is 7.11 Å². The van der Waals surface area contributed by atoms with Gasteiger partial charge in [-0.25, -0.2) is 9.37 Å². The molecule has 0 spiro atoms. The second-order valence-electron chi connectivity index (χ2n) is 5.76. The average Bonchev–Trinajstić information content (AvgIpc) is 2.62. The van der Waals surface area contributed by atoms with Gasteiger partial charge in [-0.15, -0.1) is 0 Å². The maximum Gasteiger partial charge on any atom is 0.137 e. The molecule has 5 rings (SSSR count). The largest absolute Gasteiger partial charge is 0.497 e. The summed E-state index contributed by atoms with van der Waals surface area (Å²) in [6.45, 7) is 0. The monoisotopic (exact) mass is 317 g/mol. The molecule has 1 aliphatic rings. The maximum absolute atomic E-state index is 13.8. The highest BCUT2D eigenvalue weighted by Crippen LogP contribution is 2.47. The Bertz CT molecular complexity index is 1140. The normalized spacial score (nSPS) is 12.1. The van der Waals surface area contributed by atoms with Crippen molar-refractivity contribution in [1.82, 2.24) is 4.98 Å². The Balaban J connectivity index is 1.98. The molecule has 0 amide bonds. The third kappa shape index (κ3) is 1.74. The summed E-state index contributed by atoms with van der Waals surface area (Å²) in [6, 6.07) is 16.2. The Morgan fingerprint density at radius 3 is 2.75 bits per heavy atom. The standard InChI is InChI=1S/C20H12FNO2/c1-23-12-6-7-13-14-3-2-4-18-19(14)20(22-16(13)10-12)15-9-11(21)5-8-17(15)24-18/h2-10H,1H3. The number of methoxy groups -OCH3 is 1. The molecular weight excluding hydrogens is 305 g/mol. The first-order valence-corrected chi connectivity index (χ1v) is 7.63. The molecular formula is C20H12FNO2. The quantitative estimate of drug-likeness (QED) is 0.393. The summed E-state index contributed by atoms with van der Waals surface area (Å²) in [6.07, 6.45) is 0. The van der Waals surface area contributed by atoms with Gasteiger partial charge in [0.2, 0.25) is 0 Å². The van der Waals surface area contributed by atoms with Crippen LogP contribution in [0.2, 0.25) is 0 Å². The SMILES string of the molecule is COc1ccc2c(c1)nc1c3c(cccc32)Oc2ccc(F)cc2-1. The number of pyridine rings is 1. The van der Waals surface area contributed by atoms with Gasteiger partial charge in [0.15, 0.2) is 0 Å². The van der Waals surface area contributed by atoms with Crippen molar-refractivity contribution in [2.45, 2.75) is 0 Å². The molecule has 1 aromatic heterocycles. The number of hydrogen-bond donors (Lipinski definition) is 0. The van der Waals surface area contributed by atoms with E-state index in [0.29, 0.717) is 11.3 Å². The molecule has 116 valence electrons. The smallest absolute Gasteiger partial charge is 0.137 e. The third-order valence-corrected chi connectivity index (χ3v) is 4.41. The van der Waals surface area contributed by atoms with Gasteiger partial charge in [-0.2, -0.15) is 0 Å². The summed E-state index contributed by atoms with van der Waals surface area (Å²) in [7, 11) is 1.63. The van der Waals surface area contributed by atoms with Crippen molar-refractivity contribution >= 4 is 21.7 Å². The van der Waals surface area contributed by atoms with Gasteiger partial charge in [0.1, 0.15) is 23.1 Å². The van der Waals surface area contributed by atoms with Crippen molar-refractivity contribution in [2.24, 2.45) is 0 Å². The minimum absolute atomic E-state index is 0.308. The first kappa shape index (κ1) is 13.3. The van der Waals surface area contributed by atoms with E-state index in [-0.39, 0.29) is 5.82 Å². The van der Waals surface area contributed by atoms with Gasteiger partial charge >= 0.3 is 0 Å². The molecule has 0 saturated carbocycles. The zero-order chi connectivity index (χ0) is 16.3. The Morgan fingerprint density at radius 2 is 1.88 bits per heavy atom. The number of ether oxygens (including phenoxy) is 2. The van der Waals surface area contributed by atoms with Crippen LogP contribution in [0.3, 0.4) is 0 Å². The molecule has 0 radical (unpaired) electrons. The lowest BCUT2D eigenvalue weighted by Crippen LogP contribution is -2.00. The predicted octanol–water partition coefficient (Wildman–Crippen LogP) is 5.31. The second kappa shape index (κ2) is 4.68.